The Morgan fingerprint density at radius 2 is 2.00 bits per heavy atom. The molecule has 0 saturated heterocycles. The van der Waals surface area contributed by atoms with Crippen LogP contribution in [0.3, 0.4) is 0 Å². The maximum absolute atomic E-state index is 7.50. The Bertz CT molecular complexity index is 918. The highest BCUT2D eigenvalue weighted by Crippen LogP contribution is 2.30. The van der Waals surface area contributed by atoms with Gasteiger partial charge in [-0.05, 0) is 29.8 Å². The SMILES string of the molecule is C=Cc1ccc2c(Cl)cc(-c3ccc(NN)c(C=N)c3)nc2c1. The first-order valence-electron chi connectivity index (χ1n) is 7.00. The Labute approximate surface area is 139 Å². The van der Waals surface area contributed by atoms with Crippen molar-refractivity contribution in [2.24, 2.45) is 5.84 Å². The lowest BCUT2D eigenvalue weighted by Crippen LogP contribution is -2.09. The molecule has 0 atom stereocenters. The van der Waals surface area contributed by atoms with Crippen LogP contribution in [0, 0.1) is 5.41 Å². The van der Waals surface area contributed by atoms with Gasteiger partial charge in [0.15, 0.2) is 0 Å². The maximum Gasteiger partial charge on any atom is 0.0730 e. The minimum Gasteiger partial charge on any atom is -0.323 e. The van der Waals surface area contributed by atoms with Gasteiger partial charge in [-0.15, -0.1) is 0 Å². The van der Waals surface area contributed by atoms with Crippen molar-refractivity contribution in [2.75, 3.05) is 5.43 Å². The number of hydrogen-bond donors (Lipinski definition) is 3. The van der Waals surface area contributed by atoms with Gasteiger partial charge in [0, 0.05) is 22.7 Å². The third-order valence-corrected chi connectivity index (χ3v) is 3.99. The fourth-order valence-electron chi connectivity index (χ4n) is 2.45. The molecule has 4 nitrogen and oxygen atoms in total. The Morgan fingerprint density at radius 3 is 2.70 bits per heavy atom. The minimum atomic E-state index is 0.637. The molecule has 0 aliphatic carbocycles. The fraction of sp³-hybridized carbons (Fsp3) is 0. The van der Waals surface area contributed by atoms with Crippen LogP contribution in [0.5, 0.6) is 0 Å². The molecule has 1 aromatic heterocycles. The summed E-state index contributed by atoms with van der Waals surface area (Å²) in [6.45, 7) is 3.78. The highest BCUT2D eigenvalue weighted by molar-refractivity contribution is 6.35. The number of fused-ring (bicyclic) bond motifs is 1. The average molecular weight is 323 g/mol. The number of anilines is 1. The van der Waals surface area contributed by atoms with Crippen LogP contribution in [0.15, 0.2) is 49.0 Å². The third-order valence-electron chi connectivity index (χ3n) is 3.68. The summed E-state index contributed by atoms with van der Waals surface area (Å²) in [5, 5.41) is 9.03. The van der Waals surface area contributed by atoms with Gasteiger partial charge in [0.2, 0.25) is 0 Å². The third kappa shape index (κ3) is 2.82. The molecule has 3 rings (SSSR count). The molecule has 0 spiro atoms. The van der Waals surface area contributed by atoms with Crippen LogP contribution in [0.25, 0.3) is 28.2 Å². The number of benzene rings is 2. The first kappa shape index (κ1) is 15.2. The summed E-state index contributed by atoms with van der Waals surface area (Å²) in [6.07, 6.45) is 3.02. The van der Waals surface area contributed by atoms with Gasteiger partial charge in [0.05, 0.1) is 21.9 Å². The first-order valence-corrected chi connectivity index (χ1v) is 7.38. The predicted octanol–water partition coefficient (Wildman–Crippen LogP) is 4.48. The van der Waals surface area contributed by atoms with Crippen LogP contribution in [-0.2, 0) is 0 Å². The number of hydrazine groups is 1. The van der Waals surface area contributed by atoms with Gasteiger partial charge in [-0.1, -0.05) is 42.5 Å². The number of nitrogens with two attached hydrogens (primary N) is 1. The molecular formula is C18H15ClN4. The number of halogens is 1. The van der Waals surface area contributed by atoms with Gasteiger partial charge < -0.3 is 10.8 Å². The first-order chi connectivity index (χ1) is 11.2. The van der Waals surface area contributed by atoms with Crippen molar-refractivity contribution in [1.82, 2.24) is 4.98 Å². The van der Waals surface area contributed by atoms with Crippen molar-refractivity contribution >= 4 is 40.5 Å². The Balaban J connectivity index is 2.19. The number of rotatable bonds is 4. The van der Waals surface area contributed by atoms with Gasteiger partial charge in [-0.25, -0.2) is 4.98 Å². The topological polar surface area (TPSA) is 74.8 Å². The van der Waals surface area contributed by atoms with Crippen LogP contribution >= 0.6 is 11.6 Å². The Kier molecular flexibility index (Phi) is 4.10. The second kappa shape index (κ2) is 6.20. The molecule has 0 bridgehead atoms. The predicted molar refractivity (Wildman–Crippen MR) is 98.0 cm³/mol. The van der Waals surface area contributed by atoms with E-state index >= 15 is 0 Å². The molecule has 0 fully saturated rings. The molecule has 5 heteroatoms. The quantitative estimate of drug-likeness (QED) is 0.376. The zero-order valence-corrected chi connectivity index (χ0v) is 13.1. The maximum atomic E-state index is 7.50. The Morgan fingerprint density at radius 1 is 1.17 bits per heavy atom. The van der Waals surface area contributed by atoms with E-state index in [1.165, 1.54) is 6.21 Å². The highest BCUT2D eigenvalue weighted by Gasteiger charge is 2.09. The summed E-state index contributed by atoms with van der Waals surface area (Å²) < 4.78 is 0. The minimum absolute atomic E-state index is 0.637. The molecule has 0 aliphatic heterocycles. The summed E-state index contributed by atoms with van der Waals surface area (Å²) in [4.78, 5) is 4.69. The second-order valence-electron chi connectivity index (χ2n) is 5.06. The molecule has 1 heterocycles. The zero-order chi connectivity index (χ0) is 16.4. The van der Waals surface area contributed by atoms with Crippen molar-refractivity contribution in [1.29, 1.82) is 5.41 Å². The lowest BCUT2D eigenvalue weighted by Gasteiger charge is -2.09. The van der Waals surface area contributed by atoms with E-state index in [0.29, 0.717) is 16.3 Å². The van der Waals surface area contributed by atoms with Gasteiger partial charge >= 0.3 is 0 Å². The van der Waals surface area contributed by atoms with Crippen molar-refractivity contribution in [3.63, 3.8) is 0 Å². The summed E-state index contributed by atoms with van der Waals surface area (Å²) in [6, 6.07) is 13.2. The van der Waals surface area contributed by atoms with E-state index in [9.17, 15) is 0 Å². The molecule has 4 N–H and O–H groups in total. The number of nitrogens with one attached hydrogen (secondary N) is 2. The molecule has 0 radical (unpaired) electrons. The molecule has 0 aliphatic rings. The number of pyridine rings is 1. The van der Waals surface area contributed by atoms with E-state index in [-0.39, 0.29) is 0 Å². The van der Waals surface area contributed by atoms with E-state index < -0.39 is 0 Å². The number of hydrogen-bond acceptors (Lipinski definition) is 4. The van der Waals surface area contributed by atoms with Crippen LogP contribution in [0.1, 0.15) is 11.1 Å². The van der Waals surface area contributed by atoms with Crippen molar-refractivity contribution in [3.05, 3.63) is 65.2 Å². The summed E-state index contributed by atoms with van der Waals surface area (Å²) in [5.74, 6) is 5.45. The number of nitrogens with zero attached hydrogens (tertiary/aromatic N) is 1. The summed E-state index contributed by atoms with van der Waals surface area (Å²) in [5.41, 5.74) is 7.35. The van der Waals surface area contributed by atoms with Gasteiger partial charge in [0.25, 0.3) is 0 Å². The zero-order valence-electron chi connectivity index (χ0n) is 12.3. The Hall–Kier alpha value is -2.69. The van der Waals surface area contributed by atoms with Gasteiger partial charge in [-0.2, -0.15) is 0 Å². The van der Waals surface area contributed by atoms with Crippen molar-refractivity contribution in [3.8, 4) is 11.3 Å². The normalized spacial score (nSPS) is 10.5. The monoisotopic (exact) mass is 322 g/mol. The van der Waals surface area contributed by atoms with Crippen LogP contribution in [-0.4, -0.2) is 11.2 Å². The molecule has 23 heavy (non-hydrogen) atoms. The van der Waals surface area contributed by atoms with E-state index in [4.69, 9.17) is 22.9 Å². The molecule has 0 amide bonds. The standard InChI is InChI=1S/C18H15ClN4/c1-2-11-3-5-14-15(19)9-17(22-18(14)7-11)12-4-6-16(23-21)13(8-12)10-20/h2-10,20,23H,1,21H2. The van der Waals surface area contributed by atoms with Crippen LogP contribution in [0.2, 0.25) is 5.02 Å². The fourth-order valence-corrected chi connectivity index (χ4v) is 2.71. The molecular weight excluding hydrogens is 308 g/mol. The van der Waals surface area contributed by atoms with E-state index in [2.05, 4.69) is 17.0 Å². The largest absolute Gasteiger partial charge is 0.323 e. The van der Waals surface area contributed by atoms with E-state index in [1.54, 1.807) is 6.08 Å². The highest BCUT2D eigenvalue weighted by atomic mass is 35.5. The van der Waals surface area contributed by atoms with Crippen LogP contribution in [0.4, 0.5) is 5.69 Å². The van der Waals surface area contributed by atoms with Crippen molar-refractivity contribution < 1.29 is 0 Å². The number of nitrogen functional groups attached to an aromatic ring is 1. The second-order valence-corrected chi connectivity index (χ2v) is 5.47. The molecule has 114 valence electrons. The number of aromatic nitrogens is 1. The molecule has 3 aromatic rings. The van der Waals surface area contributed by atoms with E-state index in [0.717, 1.165) is 27.7 Å². The van der Waals surface area contributed by atoms with Crippen LogP contribution < -0.4 is 11.3 Å². The lowest BCUT2D eigenvalue weighted by molar-refractivity contribution is 1.33. The molecule has 0 unspecified atom stereocenters. The lowest BCUT2D eigenvalue weighted by atomic mass is 10.0. The smallest absolute Gasteiger partial charge is 0.0730 e. The summed E-state index contributed by atoms with van der Waals surface area (Å²) in [7, 11) is 0. The van der Waals surface area contributed by atoms with Gasteiger partial charge in [0.1, 0.15) is 0 Å². The summed E-state index contributed by atoms with van der Waals surface area (Å²) >= 11 is 6.40. The van der Waals surface area contributed by atoms with Gasteiger partial charge in [-0.3, -0.25) is 5.84 Å². The van der Waals surface area contributed by atoms with Crippen molar-refractivity contribution in [2.45, 2.75) is 0 Å². The van der Waals surface area contributed by atoms with E-state index in [1.807, 2.05) is 42.5 Å². The molecule has 0 saturated carbocycles. The average Bonchev–Trinajstić information content (AvgIpc) is 2.60. The molecule has 2 aromatic carbocycles.